The highest BCUT2D eigenvalue weighted by molar-refractivity contribution is 5.86. The van der Waals surface area contributed by atoms with Crippen molar-refractivity contribution in [2.45, 2.75) is 50.5 Å². The van der Waals surface area contributed by atoms with Crippen molar-refractivity contribution in [3.63, 3.8) is 0 Å². The molecule has 6 atom stereocenters. The highest BCUT2D eigenvalue weighted by Gasteiger charge is 2.60. The van der Waals surface area contributed by atoms with Crippen molar-refractivity contribution in [3.05, 3.63) is 108 Å². The van der Waals surface area contributed by atoms with E-state index in [1.807, 2.05) is 12.1 Å². The van der Waals surface area contributed by atoms with Gasteiger partial charge in [0, 0.05) is 44.8 Å². The fourth-order valence-corrected chi connectivity index (χ4v) is 7.87. The normalized spacial score (nSPS) is 31.4. The van der Waals surface area contributed by atoms with Crippen LogP contribution in [0.4, 0.5) is 0 Å². The number of Topliss-reactive ketones (excluding diaryl/α,β-unsaturated/α-hetero) is 2. The lowest BCUT2D eigenvalue weighted by atomic mass is 9.46. The van der Waals surface area contributed by atoms with Gasteiger partial charge in [0.05, 0.1) is 0 Å². The van der Waals surface area contributed by atoms with Crippen molar-refractivity contribution >= 4 is 11.6 Å². The third-order valence-electron chi connectivity index (χ3n) is 9.54. The molecule has 3 nitrogen and oxygen atoms in total. The van der Waals surface area contributed by atoms with E-state index in [2.05, 4.69) is 90.7 Å². The highest BCUT2D eigenvalue weighted by Crippen LogP contribution is 2.62. The molecule has 2 aliphatic carbocycles. The van der Waals surface area contributed by atoms with Gasteiger partial charge in [-0.3, -0.25) is 14.5 Å². The summed E-state index contributed by atoms with van der Waals surface area (Å²) in [5.74, 6) is 1.52. The first-order valence-corrected chi connectivity index (χ1v) is 13.5. The largest absolute Gasteiger partial charge is 0.300 e. The maximum Gasteiger partial charge on any atom is 0.134 e. The van der Waals surface area contributed by atoms with Crippen LogP contribution in [-0.2, 0) is 9.59 Å². The van der Waals surface area contributed by atoms with Crippen LogP contribution in [0.1, 0.15) is 67.2 Å². The number of carbonyl (C=O) groups is 2. The summed E-state index contributed by atoms with van der Waals surface area (Å²) in [4.78, 5) is 29.5. The van der Waals surface area contributed by atoms with Crippen LogP contribution in [0.3, 0.4) is 0 Å². The number of likely N-dealkylation sites (tertiary alicyclic amines) is 1. The van der Waals surface area contributed by atoms with Crippen molar-refractivity contribution in [2.75, 3.05) is 13.1 Å². The number of hydrogen-bond donors (Lipinski definition) is 0. The topological polar surface area (TPSA) is 37.4 Å². The second kappa shape index (κ2) is 9.44. The van der Waals surface area contributed by atoms with Gasteiger partial charge >= 0.3 is 0 Å². The number of piperidine rings is 1. The fraction of sp³-hybridized carbons (Fsp3) is 0.394. The zero-order valence-electron chi connectivity index (χ0n) is 21.1. The monoisotopic (exact) mass is 477 g/mol. The Balaban J connectivity index is 1.47. The van der Waals surface area contributed by atoms with Gasteiger partial charge in [0.15, 0.2) is 0 Å². The summed E-state index contributed by atoms with van der Waals surface area (Å²) in [6, 6.07) is 32.3. The summed E-state index contributed by atoms with van der Waals surface area (Å²) < 4.78 is 0. The van der Waals surface area contributed by atoms with Gasteiger partial charge in [-0.15, -0.1) is 0 Å². The van der Waals surface area contributed by atoms with Crippen molar-refractivity contribution in [3.8, 4) is 0 Å². The summed E-state index contributed by atoms with van der Waals surface area (Å²) in [6.45, 7) is 4.17. The van der Waals surface area contributed by atoms with Crippen LogP contribution >= 0.6 is 0 Å². The van der Waals surface area contributed by atoms with Crippen LogP contribution in [0.25, 0.3) is 0 Å². The number of rotatable bonds is 4. The summed E-state index contributed by atoms with van der Waals surface area (Å²) in [7, 11) is 0. The van der Waals surface area contributed by atoms with Crippen molar-refractivity contribution < 1.29 is 9.59 Å². The number of carbonyl (C=O) groups excluding carboxylic acids is 2. The molecule has 0 amide bonds. The molecule has 0 bridgehead atoms. The zero-order chi connectivity index (χ0) is 24.7. The number of benzene rings is 3. The zero-order valence-corrected chi connectivity index (χ0v) is 21.1. The minimum absolute atomic E-state index is 0.156. The minimum Gasteiger partial charge on any atom is -0.300 e. The molecule has 6 rings (SSSR count). The first kappa shape index (κ1) is 23.4. The van der Waals surface area contributed by atoms with Crippen LogP contribution in [0, 0.1) is 17.3 Å². The van der Waals surface area contributed by atoms with Gasteiger partial charge in [0.2, 0.25) is 0 Å². The van der Waals surface area contributed by atoms with Gasteiger partial charge in [-0.2, -0.15) is 0 Å². The number of hydrogen-bond acceptors (Lipinski definition) is 3. The molecule has 1 heterocycles. The van der Waals surface area contributed by atoms with Crippen LogP contribution in [0.5, 0.6) is 0 Å². The molecule has 2 saturated carbocycles. The second-order valence-electron chi connectivity index (χ2n) is 11.4. The smallest absolute Gasteiger partial charge is 0.134 e. The first-order valence-electron chi connectivity index (χ1n) is 13.5. The Morgan fingerprint density at radius 3 is 1.53 bits per heavy atom. The Morgan fingerprint density at radius 2 is 1.08 bits per heavy atom. The van der Waals surface area contributed by atoms with E-state index in [1.165, 1.54) is 16.7 Å². The predicted molar refractivity (Wildman–Crippen MR) is 143 cm³/mol. The van der Waals surface area contributed by atoms with E-state index < -0.39 is 0 Å². The molecular weight excluding hydrogens is 442 g/mol. The molecule has 3 aliphatic rings. The predicted octanol–water partition coefficient (Wildman–Crippen LogP) is 6.58. The van der Waals surface area contributed by atoms with E-state index in [9.17, 15) is 9.59 Å². The van der Waals surface area contributed by atoms with E-state index in [-0.39, 0.29) is 35.1 Å². The molecule has 0 radical (unpaired) electrons. The molecule has 1 spiro atoms. The van der Waals surface area contributed by atoms with E-state index in [0.717, 1.165) is 13.1 Å². The van der Waals surface area contributed by atoms with Gasteiger partial charge in [-0.25, -0.2) is 0 Å². The number of ketones is 2. The first-order chi connectivity index (χ1) is 17.5. The standard InChI is InChI=1S/C33H35NO2/c1-23(24-11-5-2-6-12-24)34-21-31-29(25-13-7-3-8-14-25)17-27(35)19-33(31)20-28(36)18-30(32(33)22-34)26-15-9-4-10-16-26/h2-16,23,29-32H,17-22H2,1H3/t23-,29-,30+,31-,32-,33?/m1/s1. The molecule has 0 N–H and O–H groups in total. The third kappa shape index (κ3) is 4.04. The maximum absolute atomic E-state index is 13.4. The molecular formula is C33H35NO2. The fourth-order valence-electron chi connectivity index (χ4n) is 7.87. The molecule has 3 aromatic rings. The van der Waals surface area contributed by atoms with E-state index in [1.54, 1.807) is 0 Å². The van der Waals surface area contributed by atoms with Gasteiger partial charge in [-0.1, -0.05) is 91.0 Å². The molecule has 1 saturated heterocycles. The van der Waals surface area contributed by atoms with Crippen LogP contribution in [0.15, 0.2) is 91.0 Å². The van der Waals surface area contributed by atoms with Crippen LogP contribution < -0.4 is 0 Å². The highest BCUT2D eigenvalue weighted by atomic mass is 16.1. The molecule has 36 heavy (non-hydrogen) atoms. The summed E-state index contributed by atoms with van der Waals surface area (Å²) in [5.41, 5.74) is 3.56. The summed E-state index contributed by atoms with van der Waals surface area (Å²) >= 11 is 0. The lowest BCUT2D eigenvalue weighted by molar-refractivity contribution is -0.152. The molecule has 1 unspecified atom stereocenters. The Morgan fingerprint density at radius 1 is 0.667 bits per heavy atom. The van der Waals surface area contributed by atoms with Gasteiger partial charge in [0.1, 0.15) is 11.6 Å². The average Bonchev–Trinajstić information content (AvgIpc) is 2.92. The van der Waals surface area contributed by atoms with Crippen LogP contribution in [0.2, 0.25) is 0 Å². The van der Waals surface area contributed by atoms with Crippen molar-refractivity contribution in [1.29, 1.82) is 0 Å². The molecule has 1 aliphatic heterocycles. The maximum atomic E-state index is 13.4. The molecule has 184 valence electrons. The Kier molecular flexibility index (Phi) is 6.13. The average molecular weight is 478 g/mol. The molecule has 3 aromatic carbocycles. The van der Waals surface area contributed by atoms with Crippen LogP contribution in [-0.4, -0.2) is 29.6 Å². The third-order valence-corrected chi connectivity index (χ3v) is 9.54. The van der Waals surface area contributed by atoms with Gasteiger partial charge in [-0.05, 0) is 52.7 Å². The van der Waals surface area contributed by atoms with Gasteiger partial charge < -0.3 is 0 Å². The SMILES string of the molecule is C[C@H](c1ccccc1)N1C[C@@H]2[C@@H](c3ccccc3)CC(=O)CC23CC(=O)C[C@@H](c2ccccc2)[C@H]3C1. The molecule has 3 fully saturated rings. The van der Waals surface area contributed by atoms with E-state index in [4.69, 9.17) is 0 Å². The van der Waals surface area contributed by atoms with Crippen molar-refractivity contribution in [2.24, 2.45) is 17.3 Å². The molecule has 3 heteroatoms. The summed E-state index contributed by atoms with van der Waals surface area (Å²) in [6.07, 6.45) is 2.27. The van der Waals surface area contributed by atoms with Crippen molar-refractivity contribution in [1.82, 2.24) is 4.90 Å². The van der Waals surface area contributed by atoms with E-state index >= 15 is 0 Å². The summed E-state index contributed by atoms with van der Waals surface area (Å²) in [5, 5.41) is 0. The Labute approximate surface area is 214 Å². The van der Waals surface area contributed by atoms with Gasteiger partial charge in [0.25, 0.3) is 0 Å². The quantitative estimate of drug-likeness (QED) is 0.426. The lowest BCUT2D eigenvalue weighted by Crippen LogP contribution is -2.62. The number of nitrogens with zero attached hydrogens (tertiary/aromatic N) is 1. The van der Waals surface area contributed by atoms with E-state index in [0.29, 0.717) is 37.2 Å². The Bertz CT molecular complexity index is 1150. The Hall–Kier alpha value is -3.04. The minimum atomic E-state index is -0.265. The second-order valence-corrected chi connectivity index (χ2v) is 11.4. The lowest BCUT2D eigenvalue weighted by Gasteiger charge is -2.61. The molecule has 0 aromatic heterocycles.